The van der Waals surface area contributed by atoms with E-state index in [4.69, 9.17) is 4.74 Å². The SMILES string of the molecule is Cc1ccc(S(=O)(=O)N2CCOCC2)cc1C(=O)N(C)c1ccccc1. The number of anilines is 1. The molecule has 6 nitrogen and oxygen atoms in total. The Morgan fingerprint density at radius 1 is 1.08 bits per heavy atom. The first-order valence-corrected chi connectivity index (χ1v) is 9.87. The molecule has 1 amide bonds. The van der Waals surface area contributed by atoms with Gasteiger partial charge in [-0.15, -0.1) is 0 Å². The molecule has 0 N–H and O–H groups in total. The van der Waals surface area contributed by atoms with E-state index in [1.807, 2.05) is 30.3 Å². The molecule has 0 atom stereocenters. The number of carbonyl (C=O) groups is 1. The van der Waals surface area contributed by atoms with Crippen LogP contribution in [0.4, 0.5) is 5.69 Å². The molecule has 0 spiro atoms. The largest absolute Gasteiger partial charge is 0.379 e. The highest BCUT2D eigenvalue weighted by Crippen LogP contribution is 2.23. The van der Waals surface area contributed by atoms with Crippen molar-refractivity contribution < 1.29 is 17.9 Å². The molecule has 0 aliphatic carbocycles. The second-order valence-corrected chi connectivity index (χ2v) is 8.13. The number of nitrogens with zero attached hydrogens (tertiary/aromatic N) is 2. The summed E-state index contributed by atoms with van der Waals surface area (Å²) in [5, 5.41) is 0. The first-order valence-electron chi connectivity index (χ1n) is 8.43. The number of aryl methyl sites for hydroxylation is 1. The molecule has 2 aromatic rings. The number of hydrogen-bond donors (Lipinski definition) is 0. The third-order valence-electron chi connectivity index (χ3n) is 4.50. The Hall–Kier alpha value is -2.22. The fraction of sp³-hybridized carbons (Fsp3) is 0.316. The second kappa shape index (κ2) is 7.57. The molecule has 1 saturated heterocycles. The van der Waals surface area contributed by atoms with Crippen molar-refractivity contribution in [1.82, 2.24) is 4.31 Å². The Bertz CT molecular complexity index is 891. The summed E-state index contributed by atoms with van der Waals surface area (Å²) in [6.07, 6.45) is 0. The molecule has 1 aliphatic rings. The summed E-state index contributed by atoms with van der Waals surface area (Å²) in [5.41, 5.74) is 1.86. The van der Waals surface area contributed by atoms with Crippen LogP contribution in [0.1, 0.15) is 15.9 Å². The summed E-state index contributed by atoms with van der Waals surface area (Å²) in [6, 6.07) is 14.0. The lowest BCUT2D eigenvalue weighted by atomic mass is 10.1. The van der Waals surface area contributed by atoms with E-state index in [9.17, 15) is 13.2 Å². The normalized spacial score (nSPS) is 15.6. The van der Waals surface area contributed by atoms with Gasteiger partial charge in [0, 0.05) is 31.4 Å². The average molecular weight is 374 g/mol. The van der Waals surface area contributed by atoms with Crippen LogP contribution in [0.2, 0.25) is 0 Å². The van der Waals surface area contributed by atoms with Crippen molar-refractivity contribution in [2.24, 2.45) is 0 Å². The molecule has 0 bridgehead atoms. The maximum Gasteiger partial charge on any atom is 0.258 e. The summed E-state index contributed by atoms with van der Waals surface area (Å²) in [7, 11) is -1.96. The Kier molecular flexibility index (Phi) is 5.41. The van der Waals surface area contributed by atoms with Crippen molar-refractivity contribution in [3.05, 3.63) is 59.7 Å². The van der Waals surface area contributed by atoms with Crippen molar-refractivity contribution in [2.75, 3.05) is 38.3 Å². The summed E-state index contributed by atoms with van der Waals surface area (Å²) in [4.78, 5) is 14.6. The van der Waals surface area contributed by atoms with Crippen molar-refractivity contribution in [2.45, 2.75) is 11.8 Å². The molecule has 7 heteroatoms. The molecule has 26 heavy (non-hydrogen) atoms. The standard InChI is InChI=1S/C19H22N2O4S/c1-15-8-9-17(26(23,24)21-10-12-25-13-11-21)14-18(15)19(22)20(2)16-6-4-3-5-7-16/h3-9,14H,10-13H2,1-2H3. The Balaban J connectivity index is 1.94. The van der Waals surface area contributed by atoms with Crippen molar-refractivity contribution in [3.63, 3.8) is 0 Å². The lowest BCUT2D eigenvalue weighted by Gasteiger charge is -2.26. The topological polar surface area (TPSA) is 66.9 Å². The molecule has 2 aromatic carbocycles. The number of morpholine rings is 1. The fourth-order valence-corrected chi connectivity index (χ4v) is 4.31. The summed E-state index contributed by atoms with van der Waals surface area (Å²) in [6.45, 7) is 3.21. The van der Waals surface area contributed by atoms with Gasteiger partial charge in [-0.3, -0.25) is 4.79 Å². The van der Waals surface area contributed by atoms with Crippen molar-refractivity contribution in [3.8, 4) is 0 Å². The van der Waals surface area contributed by atoms with Gasteiger partial charge in [-0.25, -0.2) is 8.42 Å². The van der Waals surface area contributed by atoms with Crippen LogP contribution in [0, 0.1) is 6.92 Å². The molecule has 0 radical (unpaired) electrons. The third-order valence-corrected chi connectivity index (χ3v) is 6.39. The third kappa shape index (κ3) is 3.65. The zero-order valence-electron chi connectivity index (χ0n) is 14.9. The molecule has 3 rings (SSSR count). The Morgan fingerprint density at radius 3 is 2.38 bits per heavy atom. The fourth-order valence-electron chi connectivity index (χ4n) is 2.88. The van der Waals surface area contributed by atoms with E-state index < -0.39 is 10.0 Å². The average Bonchev–Trinajstić information content (AvgIpc) is 2.68. The highest BCUT2D eigenvalue weighted by atomic mass is 32.2. The predicted molar refractivity (Wildman–Crippen MR) is 99.9 cm³/mol. The lowest BCUT2D eigenvalue weighted by Crippen LogP contribution is -2.40. The number of amides is 1. The van der Waals surface area contributed by atoms with E-state index in [2.05, 4.69) is 0 Å². The lowest BCUT2D eigenvalue weighted by molar-refractivity contribution is 0.0730. The minimum Gasteiger partial charge on any atom is -0.379 e. The van der Waals surface area contributed by atoms with E-state index in [1.54, 1.807) is 26.1 Å². The van der Waals surface area contributed by atoms with Crippen molar-refractivity contribution in [1.29, 1.82) is 0 Å². The van der Waals surface area contributed by atoms with Crippen LogP contribution in [0.25, 0.3) is 0 Å². The predicted octanol–water partition coefficient (Wildman–Crippen LogP) is 2.29. The zero-order chi connectivity index (χ0) is 18.7. The van der Waals surface area contributed by atoms with Crippen LogP contribution in [-0.4, -0.2) is 52.0 Å². The first kappa shape index (κ1) is 18.6. The molecule has 0 saturated carbocycles. The number of benzene rings is 2. The molecule has 1 aliphatic heterocycles. The quantitative estimate of drug-likeness (QED) is 0.824. The minimum absolute atomic E-state index is 0.134. The minimum atomic E-state index is -3.64. The highest BCUT2D eigenvalue weighted by molar-refractivity contribution is 7.89. The molecule has 0 aromatic heterocycles. The molecule has 1 heterocycles. The molecule has 0 unspecified atom stereocenters. The summed E-state index contributed by atoms with van der Waals surface area (Å²) in [5.74, 6) is -0.243. The number of carbonyl (C=O) groups excluding carboxylic acids is 1. The maximum atomic E-state index is 12.9. The van der Waals surface area contributed by atoms with E-state index in [1.165, 1.54) is 15.3 Å². The van der Waals surface area contributed by atoms with Gasteiger partial charge in [0.1, 0.15) is 0 Å². The van der Waals surface area contributed by atoms with Crippen LogP contribution in [0.3, 0.4) is 0 Å². The van der Waals surface area contributed by atoms with E-state index in [0.29, 0.717) is 31.9 Å². The number of sulfonamides is 1. The zero-order valence-corrected chi connectivity index (χ0v) is 15.7. The molecular weight excluding hydrogens is 352 g/mol. The van der Waals surface area contributed by atoms with Gasteiger partial charge in [-0.05, 0) is 36.8 Å². The second-order valence-electron chi connectivity index (χ2n) is 6.19. The first-order chi connectivity index (χ1) is 12.4. The summed E-state index contributed by atoms with van der Waals surface area (Å²) >= 11 is 0. The van der Waals surface area contributed by atoms with Gasteiger partial charge in [-0.1, -0.05) is 24.3 Å². The summed E-state index contributed by atoms with van der Waals surface area (Å²) < 4.78 is 32.3. The van der Waals surface area contributed by atoms with Crippen LogP contribution in [0.5, 0.6) is 0 Å². The van der Waals surface area contributed by atoms with Crippen LogP contribution in [-0.2, 0) is 14.8 Å². The number of para-hydroxylation sites is 1. The van der Waals surface area contributed by atoms with E-state index >= 15 is 0 Å². The Labute approximate surface area is 154 Å². The molecular formula is C19H22N2O4S. The molecule has 1 fully saturated rings. The van der Waals surface area contributed by atoms with E-state index in [0.717, 1.165) is 11.3 Å². The number of rotatable bonds is 4. The smallest absolute Gasteiger partial charge is 0.258 e. The van der Waals surface area contributed by atoms with Crippen LogP contribution < -0.4 is 4.90 Å². The number of ether oxygens (including phenoxy) is 1. The van der Waals surface area contributed by atoms with Gasteiger partial charge < -0.3 is 9.64 Å². The van der Waals surface area contributed by atoms with Gasteiger partial charge >= 0.3 is 0 Å². The van der Waals surface area contributed by atoms with Gasteiger partial charge in [0.25, 0.3) is 5.91 Å². The van der Waals surface area contributed by atoms with Gasteiger partial charge in [0.15, 0.2) is 0 Å². The number of hydrogen-bond acceptors (Lipinski definition) is 4. The monoisotopic (exact) mass is 374 g/mol. The van der Waals surface area contributed by atoms with E-state index in [-0.39, 0.29) is 10.8 Å². The highest BCUT2D eigenvalue weighted by Gasteiger charge is 2.28. The maximum absolute atomic E-state index is 12.9. The van der Waals surface area contributed by atoms with Crippen molar-refractivity contribution >= 4 is 21.6 Å². The van der Waals surface area contributed by atoms with Gasteiger partial charge in [0.2, 0.25) is 10.0 Å². The van der Waals surface area contributed by atoms with Gasteiger partial charge in [-0.2, -0.15) is 4.31 Å². The van der Waals surface area contributed by atoms with Crippen LogP contribution in [0.15, 0.2) is 53.4 Å². The Morgan fingerprint density at radius 2 is 1.73 bits per heavy atom. The molecule has 138 valence electrons. The van der Waals surface area contributed by atoms with Gasteiger partial charge in [0.05, 0.1) is 18.1 Å². The van der Waals surface area contributed by atoms with Crippen LogP contribution >= 0.6 is 0 Å².